The lowest BCUT2D eigenvalue weighted by molar-refractivity contribution is 0.0162. The summed E-state index contributed by atoms with van der Waals surface area (Å²) in [7, 11) is 0. The topological polar surface area (TPSA) is 33.0 Å². The van der Waals surface area contributed by atoms with E-state index < -0.39 is 0 Å². The van der Waals surface area contributed by atoms with Gasteiger partial charge in [-0.25, -0.2) is 0 Å². The zero-order valence-electron chi connectivity index (χ0n) is 6.62. The number of nitriles is 1. The van der Waals surface area contributed by atoms with Crippen LogP contribution in [0.2, 0.25) is 4.34 Å². The highest BCUT2D eigenvalue weighted by Gasteiger charge is 2.40. The molecule has 0 N–H and O–H groups in total. The van der Waals surface area contributed by atoms with Crippen LogP contribution in [0.1, 0.15) is 0 Å². The van der Waals surface area contributed by atoms with Gasteiger partial charge in [-0.3, -0.25) is 0 Å². The summed E-state index contributed by atoms with van der Waals surface area (Å²) >= 11 is 8.83. The molecule has 0 spiro atoms. The number of nitrogens with zero attached hydrogens (tertiary/aromatic N) is 1. The van der Waals surface area contributed by atoms with E-state index in [1.54, 1.807) is 11.8 Å². The summed E-state index contributed by atoms with van der Waals surface area (Å²) in [4.78, 5) is 0. The Kier molecular flexibility index (Phi) is 2.52. The molecule has 2 rings (SSSR count). The molecule has 0 aliphatic carbocycles. The molecule has 0 amide bonds. The van der Waals surface area contributed by atoms with Crippen LogP contribution in [0.4, 0.5) is 0 Å². The van der Waals surface area contributed by atoms with Crippen molar-refractivity contribution in [3.8, 4) is 6.07 Å². The van der Waals surface area contributed by atoms with Crippen molar-refractivity contribution in [2.75, 3.05) is 13.2 Å². The largest absolute Gasteiger partial charge is 0.376 e. The quantitative estimate of drug-likeness (QED) is 0.785. The van der Waals surface area contributed by atoms with Crippen LogP contribution < -0.4 is 0 Å². The average Bonchev–Trinajstić information content (AvgIpc) is 2.44. The maximum atomic E-state index is 8.93. The van der Waals surface area contributed by atoms with Crippen molar-refractivity contribution in [1.82, 2.24) is 0 Å². The molecule has 0 radical (unpaired) electrons. The van der Waals surface area contributed by atoms with Crippen LogP contribution in [0.5, 0.6) is 0 Å². The van der Waals surface area contributed by atoms with Gasteiger partial charge in [-0.05, 0) is 12.1 Å². The Hall–Kier alpha value is -0.210. The number of thiophene rings is 1. The third kappa shape index (κ3) is 1.84. The normalized spacial score (nSPS) is 19.1. The van der Waals surface area contributed by atoms with Crippen LogP contribution in [0, 0.1) is 11.3 Å². The van der Waals surface area contributed by atoms with Gasteiger partial charge in [0, 0.05) is 0 Å². The Labute approximate surface area is 89.5 Å². The predicted molar refractivity (Wildman–Crippen MR) is 54.3 cm³/mol. The Morgan fingerprint density at radius 3 is 2.77 bits per heavy atom. The standard InChI is InChI=1S/C8H6ClNOS2/c9-6-1-2-7(12-6)13-8(3-10)4-11-5-8/h1-2H,4-5H2. The summed E-state index contributed by atoms with van der Waals surface area (Å²) in [5, 5.41) is 8.93. The second-order valence-corrected chi connectivity index (χ2v) is 6.16. The van der Waals surface area contributed by atoms with Gasteiger partial charge in [0.2, 0.25) is 0 Å². The fourth-order valence-corrected chi connectivity index (χ4v) is 3.66. The molecule has 0 bridgehead atoms. The first-order chi connectivity index (χ1) is 6.24. The van der Waals surface area contributed by atoms with Crippen molar-refractivity contribution in [3.05, 3.63) is 16.5 Å². The molecule has 5 heteroatoms. The highest BCUT2D eigenvalue weighted by molar-refractivity contribution is 8.02. The summed E-state index contributed by atoms with van der Waals surface area (Å²) < 4.78 is 6.51. The van der Waals surface area contributed by atoms with Crippen LogP contribution in [-0.2, 0) is 4.74 Å². The van der Waals surface area contributed by atoms with E-state index in [1.165, 1.54) is 11.3 Å². The molecule has 2 heterocycles. The third-order valence-electron chi connectivity index (χ3n) is 1.72. The number of ether oxygens (including phenoxy) is 1. The highest BCUT2D eigenvalue weighted by atomic mass is 35.5. The van der Waals surface area contributed by atoms with E-state index in [2.05, 4.69) is 6.07 Å². The third-order valence-corrected chi connectivity index (χ3v) is 4.30. The van der Waals surface area contributed by atoms with Gasteiger partial charge >= 0.3 is 0 Å². The van der Waals surface area contributed by atoms with Crippen LogP contribution in [0.25, 0.3) is 0 Å². The number of thioether (sulfide) groups is 1. The number of rotatable bonds is 2. The molecule has 1 aliphatic heterocycles. The van der Waals surface area contributed by atoms with Crippen molar-refractivity contribution in [3.63, 3.8) is 0 Å². The molecular formula is C8H6ClNOS2. The zero-order chi connectivity index (χ0) is 9.31. The van der Waals surface area contributed by atoms with E-state index in [4.69, 9.17) is 21.6 Å². The van der Waals surface area contributed by atoms with E-state index in [9.17, 15) is 0 Å². The minimum atomic E-state index is -0.367. The molecule has 2 nitrogen and oxygen atoms in total. The Balaban J connectivity index is 2.09. The van der Waals surface area contributed by atoms with Gasteiger partial charge in [0.1, 0.15) is 0 Å². The highest BCUT2D eigenvalue weighted by Crippen LogP contribution is 2.42. The molecule has 0 aromatic carbocycles. The Bertz CT molecular complexity index is 353. The number of hydrogen-bond acceptors (Lipinski definition) is 4. The maximum Gasteiger partial charge on any atom is 0.154 e. The molecule has 13 heavy (non-hydrogen) atoms. The first-order valence-electron chi connectivity index (χ1n) is 3.67. The summed E-state index contributed by atoms with van der Waals surface area (Å²) in [6.07, 6.45) is 0. The van der Waals surface area contributed by atoms with E-state index in [0.29, 0.717) is 13.2 Å². The summed E-state index contributed by atoms with van der Waals surface area (Å²) in [6.45, 7) is 1.04. The second-order valence-electron chi connectivity index (χ2n) is 2.76. The summed E-state index contributed by atoms with van der Waals surface area (Å²) in [5.74, 6) is 0. The monoisotopic (exact) mass is 231 g/mol. The molecule has 0 atom stereocenters. The lowest BCUT2D eigenvalue weighted by atomic mass is 10.1. The van der Waals surface area contributed by atoms with Gasteiger partial charge in [0.05, 0.1) is 27.8 Å². The zero-order valence-corrected chi connectivity index (χ0v) is 9.01. The lowest BCUT2D eigenvalue weighted by Crippen LogP contribution is -2.44. The minimum Gasteiger partial charge on any atom is -0.376 e. The molecule has 0 unspecified atom stereocenters. The first kappa shape index (κ1) is 9.35. The Morgan fingerprint density at radius 1 is 1.62 bits per heavy atom. The number of halogens is 1. The fourth-order valence-electron chi connectivity index (χ4n) is 0.979. The van der Waals surface area contributed by atoms with Crippen molar-refractivity contribution in [2.24, 2.45) is 0 Å². The van der Waals surface area contributed by atoms with Crippen molar-refractivity contribution < 1.29 is 4.74 Å². The van der Waals surface area contributed by atoms with Crippen LogP contribution >= 0.6 is 34.7 Å². The van der Waals surface area contributed by atoms with Gasteiger partial charge < -0.3 is 4.74 Å². The summed E-state index contributed by atoms with van der Waals surface area (Å²) in [6, 6.07) is 6.06. The van der Waals surface area contributed by atoms with Gasteiger partial charge in [-0.1, -0.05) is 23.4 Å². The molecule has 1 saturated heterocycles. The molecular weight excluding hydrogens is 226 g/mol. The van der Waals surface area contributed by atoms with Gasteiger partial charge in [-0.15, -0.1) is 11.3 Å². The second kappa shape index (κ2) is 3.50. The molecule has 1 aliphatic rings. The maximum absolute atomic E-state index is 8.93. The first-order valence-corrected chi connectivity index (χ1v) is 5.69. The minimum absolute atomic E-state index is 0.367. The smallest absolute Gasteiger partial charge is 0.154 e. The molecule has 68 valence electrons. The number of hydrogen-bond donors (Lipinski definition) is 0. The molecule has 0 saturated carbocycles. The van der Waals surface area contributed by atoms with Crippen LogP contribution in [-0.4, -0.2) is 18.0 Å². The molecule has 1 aromatic heterocycles. The lowest BCUT2D eigenvalue weighted by Gasteiger charge is -2.33. The Morgan fingerprint density at radius 2 is 2.38 bits per heavy atom. The van der Waals surface area contributed by atoms with Crippen molar-refractivity contribution in [2.45, 2.75) is 8.96 Å². The van der Waals surface area contributed by atoms with Crippen molar-refractivity contribution in [1.29, 1.82) is 5.26 Å². The molecule has 1 fully saturated rings. The van der Waals surface area contributed by atoms with Gasteiger partial charge in [0.25, 0.3) is 0 Å². The van der Waals surface area contributed by atoms with Gasteiger partial charge in [0.15, 0.2) is 4.75 Å². The fraction of sp³-hybridized carbons (Fsp3) is 0.375. The van der Waals surface area contributed by atoms with E-state index >= 15 is 0 Å². The van der Waals surface area contributed by atoms with Gasteiger partial charge in [-0.2, -0.15) is 5.26 Å². The molecule has 1 aromatic rings. The average molecular weight is 232 g/mol. The van der Waals surface area contributed by atoms with Crippen LogP contribution in [0.3, 0.4) is 0 Å². The van der Waals surface area contributed by atoms with E-state index in [-0.39, 0.29) is 4.75 Å². The van der Waals surface area contributed by atoms with Crippen molar-refractivity contribution >= 4 is 34.7 Å². The predicted octanol–water partition coefficient (Wildman–Crippen LogP) is 2.79. The van der Waals surface area contributed by atoms with Crippen LogP contribution in [0.15, 0.2) is 16.3 Å². The SMILES string of the molecule is N#CC1(Sc2ccc(Cl)s2)COC1. The van der Waals surface area contributed by atoms with E-state index in [1.807, 2.05) is 12.1 Å². The summed E-state index contributed by atoms with van der Waals surface area (Å²) in [5.41, 5.74) is 0. The van der Waals surface area contributed by atoms with E-state index in [0.717, 1.165) is 8.55 Å².